The number of carbonyl (C=O) groups excluding carboxylic acids is 1. The van der Waals surface area contributed by atoms with Gasteiger partial charge >= 0.3 is 0 Å². The average Bonchev–Trinajstić information content (AvgIpc) is 3.17. The first-order valence-corrected chi connectivity index (χ1v) is 10.4. The molecule has 0 spiro atoms. The van der Waals surface area contributed by atoms with Crippen LogP contribution in [0.4, 0.5) is 5.69 Å². The quantitative estimate of drug-likeness (QED) is 0.625. The Labute approximate surface area is 162 Å². The van der Waals surface area contributed by atoms with Gasteiger partial charge in [0.05, 0.1) is 6.61 Å². The van der Waals surface area contributed by atoms with Gasteiger partial charge in [-0.15, -0.1) is 11.3 Å². The average molecular weight is 405 g/mol. The molecule has 0 aliphatic heterocycles. The first-order chi connectivity index (χ1) is 13.0. The number of hydrogen-bond donors (Lipinski definition) is 1. The minimum Gasteiger partial charge on any atom is -0.468 e. The second kappa shape index (κ2) is 9.84. The van der Waals surface area contributed by atoms with Crippen LogP contribution in [-0.4, -0.2) is 26.5 Å². The lowest BCUT2D eigenvalue weighted by Gasteiger charge is -2.06. The number of carbonyl (C=O) groups is 1. The van der Waals surface area contributed by atoms with Crippen molar-refractivity contribution < 1.29 is 17.9 Å². The van der Waals surface area contributed by atoms with Gasteiger partial charge in [-0.05, 0) is 55.8 Å². The van der Waals surface area contributed by atoms with Gasteiger partial charge in [0.15, 0.2) is 0 Å². The number of anilines is 1. The predicted molar refractivity (Wildman–Crippen MR) is 107 cm³/mol. The number of sulfonamides is 1. The Hall–Kier alpha value is -2.71. The number of aryl methyl sites for hydroxylation is 1. The van der Waals surface area contributed by atoms with Crippen molar-refractivity contribution in [3.8, 4) is 10.4 Å². The molecule has 3 rings (SSSR count). The van der Waals surface area contributed by atoms with Crippen molar-refractivity contribution in [2.45, 2.75) is 18.1 Å². The summed E-state index contributed by atoms with van der Waals surface area (Å²) in [4.78, 5) is 14.0. The van der Waals surface area contributed by atoms with Crippen LogP contribution in [0.15, 0.2) is 65.1 Å². The minimum atomic E-state index is -3.56. The molecule has 0 aliphatic carbocycles. The summed E-state index contributed by atoms with van der Waals surface area (Å²) in [7, 11) is -3.56. The molecule has 0 fully saturated rings. The van der Waals surface area contributed by atoms with E-state index in [4.69, 9.17) is 0 Å². The molecule has 2 aromatic heterocycles. The van der Waals surface area contributed by atoms with Gasteiger partial charge in [-0.1, -0.05) is 17.7 Å². The van der Waals surface area contributed by atoms with Gasteiger partial charge in [-0.25, -0.2) is 8.42 Å². The van der Waals surface area contributed by atoms with Crippen molar-refractivity contribution in [2.24, 2.45) is 0 Å². The maximum Gasteiger partial charge on any atom is 0.293 e. The molecule has 1 N–H and O–H groups in total. The molecule has 6 nitrogen and oxygen atoms in total. The molecule has 2 heterocycles. The number of nitrogens with one attached hydrogen (secondary N) is 1. The minimum absolute atomic E-state index is 0.292. The second-order valence-electron chi connectivity index (χ2n) is 5.38. The van der Waals surface area contributed by atoms with Crippen molar-refractivity contribution in [1.82, 2.24) is 4.98 Å². The van der Waals surface area contributed by atoms with E-state index < -0.39 is 10.0 Å². The molecule has 0 unspecified atom stereocenters. The van der Waals surface area contributed by atoms with E-state index in [1.807, 2.05) is 37.3 Å². The van der Waals surface area contributed by atoms with Crippen molar-refractivity contribution >= 4 is 33.5 Å². The van der Waals surface area contributed by atoms with Crippen molar-refractivity contribution in [1.29, 1.82) is 0 Å². The van der Waals surface area contributed by atoms with E-state index in [2.05, 4.69) is 14.4 Å². The predicted octanol–water partition coefficient (Wildman–Crippen LogP) is 4.10. The zero-order chi connectivity index (χ0) is 19.7. The van der Waals surface area contributed by atoms with Crippen LogP contribution in [-0.2, 0) is 19.6 Å². The summed E-state index contributed by atoms with van der Waals surface area (Å²) in [5.41, 5.74) is 2.60. The zero-order valence-electron chi connectivity index (χ0n) is 15.0. The van der Waals surface area contributed by atoms with E-state index in [9.17, 15) is 13.2 Å². The Kier molecular flexibility index (Phi) is 7.51. The number of nitrogens with zero attached hydrogens (tertiary/aromatic N) is 1. The topological polar surface area (TPSA) is 85.4 Å². The van der Waals surface area contributed by atoms with Gasteiger partial charge in [-0.3, -0.25) is 14.5 Å². The summed E-state index contributed by atoms with van der Waals surface area (Å²) in [5, 5.41) is 0. The highest BCUT2D eigenvalue weighted by Crippen LogP contribution is 2.31. The van der Waals surface area contributed by atoms with Crippen LogP contribution in [0.5, 0.6) is 0 Å². The second-order valence-corrected chi connectivity index (χ2v) is 8.37. The SMILES string of the molecule is CCOC=O.Cc1ccc(NS(=O)(=O)c2ccc(-c3ccncc3)s2)cc1. The highest BCUT2D eigenvalue weighted by Gasteiger charge is 2.17. The van der Waals surface area contributed by atoms with E-state index in [0.717, 1.165) is 16.0 Å². The number of rotatable bonds is 6. The van der Waals surface area contributed by atoms with Gasteiger partial charge in [0.2, 0.25) is 0 Å². The molecular weight excluding hydrogens is 384 g/mol. The maximum atomic E-state index is 12.4. The molecule has 0 atom stereocenters. The Balaban J connectivity index is 0.000000465. The molecule has 0 saturated heterocycles. The highest BCUT2D eigenvalue weighted by atomic mass is 32.2. The van der Waals surface area contributed by atoms with Crippen molar-refractivity contribution in [3.05, 3.63) is 66.5 Å². The number of benzene rings is 1. The Morgan fingerprint density at radius 1 is 1.07 bits per heavy atom. The molecule has 0 radical (unpaired) electrons. The number of hydrogen-bond acceptors (Lipinski definition) is 6. The maximum absolute atomic E-state index is 12.4. The Morgan fingerprint density at radius 2 is 1.74 bits per heavy atom. The fraction of sp³-hybridized carbons (Fsp3) is 0.158. The fourth-order valence-corrected chi connectivity index (χ4v) is 4.40. The lowest BCUT2D eigenvalue weighted by molar-refractivity contribution is -0.128. The zero-order valence-corrected chi connectivity index (χ0v) is 16.6. The normalized spacial score (nSPS) is 10.4. The Morgan fingerprint density at radius 3 is 2.30 bits per heavy atom. The van der Waals surface area contributed by atoms with Crippen LogP contribution in [0.2, 0.25) is 0 Å². The number of pyridine rings is 1. The summed E-state index contributed by atoms with van der Waals surface area (Å²) in [5.74, 6) is 0. The monoisotopic (exact) mass is 404 g/mol. The summed E-state index contributed by atoms with van der Waals surface area (Å²) in [6.07, 6.45) is 3.38. The van der Waals surface area contributed by atoms with Gasteiger partial charge in [0, 0.05) is 23.0 Å². The molecular formula is C19H20N2O4S2. The molecule has 0 saturated carbocycles. The lowest BCUT2D eigenvalue weighted by Crippen LogP contribution is -2.11. The number of thiophene rings is 1. The van der Waals surface area contributed by atoms with E-state index in [0.29, 0.717) is 23.0 Å². The van der Waals surface area contributed by atoms with Crippen molar-refractivity contribution in [2.75, 3.05) is 11.3 Å². The van der Waals surface area contributed by atoms with Crippen molar-refractivity contribution in [3.63, 3.8) is 0 Å². The van der Waals surface area contributed by atoms with Crippen LogP contribution >= 0.6 is 11.3 Å². The first-order valence-electron chi connectivity index (χ1n) is 8.11. The Bertz CT molecular complexity index is 953. The molecule has 27 heavy (non-hydrogen) atoms. The lowest BCUT2D eigenvalue weighted by atomic mass is 10.2. The summed E-state index contributed by atoms with van der Waals surface area (Å²) < 4.78 is 31.9. The third kappa shape index (κ3) is 6.19. The number of ether oxygens (including phenoxy) is 1. The van der Waals surface area contributed by atoms with E-state index in [-0.39, 0.29) is 0 Å². The number of aromatic nitrogens is 1. The standard InChI is InChI=1S/C16H14N2O2S2.C3H6O2/c1-12-2-4-14(5-3-12)18-22(19,20)16-7-6-15(21-16)13-8-10-17-11-9-13;1-2-5-3-4/h2-11,18H,1H3;3H,2H2,1H3. The molecule has 0 aliphatic rings. The fourth-order valence-electron chi connectivity index (χ4n) is 2.03. The molecule has 1 aromatic carbocycles. The van der Waals surface area contributed by atoms with Crippen LogP contribution in [0, 0.1) is 6.92 Å². The van der Waals surface area contributed by atoms with Gasteiger partial charge in [0.1, 0.15) is 4.21 Å². The molecule has 3 aromatic rings. The molecule has 142 valence electrons. The molecule has 8 heteroatoms. The van der Waals surface area contributed by atoms with Crippen LogP contribution in [0.1, 0.15) is 12.5 Å². The van der Waals surface area contributed by atoms with Gasteiger partial charge < -0.3 is 4.74 Å². The van der Waals surface area contributed by atoms with E-state index in [1.54, 1.807) is 37.5 Å². The smallest absolute Gasteiger partial charge is 0.293 e. The molecule has 0 bridgehead atoms. The third-order valence-electron chi connectivity index (χ3n) is 3.35. The third-order valence-corrected chi connectivity index (χ3v) is 6.36. The van der Waals surface area contributed by atoms with E-state index in [1.165, 1.54) is 11.3 Å². The van der Waals surface area contributed by atoms with Crippen LogP contribution in [0.25, 0.3) is 10.4 Å². The van der Waals surface area contributed by atoms with Gasteiger partial charge in [0.25, 0.3) is 16.5 Å². The summed E-state index contributed by atoms with van der Waals surface area (Å²) >= 11 is 1.24. The summed E-state index contributed by atoms with van der Waals surface area (Å²) in [6, 6.07) is 14.4. The van der Waals surface area contributed by atoms with E-state index >= 15 is 0 Å². The van der Waals surface area contributed by atoms with Crippen LogP contribution in [0.3, 0.4) is 0 Å². The summed E-state index contributed by atoms with van der Waals surface area (Å²) in [6.45, 7) is 4.62. The van der Waals surface area contributed by atoms with Crippen LogP contribution < -0.4 is 4.72 Å². The van der Waals surface area contributed by atoms with Gasteiger partial charge in [-0.2, -0.15) is 0 Å². The largest absolute Gasteiger partial charge is 0.468 e. The first kappa shape index (κ1) is 20.6. The molecule has 0 amide bonds. The highest BCUT2D eigenvalue weighted by molar-refractivity contribution is 7.94.